The Hall–Kier alpha value is -0.380. The van der Waals surface area contributed by atoms with Crippen LogP contribution >= 0.6 is 0 Å². The minimum atomic E-state index is 0.633. The van der Waals surface area contributed by atoms with E-state index in [1.165, 1.54) is 5.57 Å². The first-order chi connectivity index (χ1) is 7.63. The predicted molar refractivity (Wildman–Crippen MR) is 68.8 cm³/mol. The fraction of sp³-hybridized carbons (Fsp3) is 0.846. The molecule has 0 radical (unpaired) electrons. The third-order valence-electron chi connectivity index (χ3n) is 3.07. The SMILES string of the molecule is C=C(C)CN1CCN(CCOCC)[C@@H](C)C1. The van der Waals surface area contributed by atoms with Gasteiger partial charge in [-0.3, -0.25) is 9.80 Å². The van der Waals surface area contributed by atoms with E-state index < -0.39 is 0 Å². The highest BCUT2D eigenvalue weighted by Gasteiger charge is 2.22. The average Bonchev–Trinajstić information content (AvgIpc) is 2.20. The van der Waals surface area contributed by atoms with Crippen LogP contribution < -0.4 is 0 Å². The molecule has 0 spiro atoms. The van der Waals surface area contributed by atoms with E-state index in [2.05, 4.69) is 30.2 Å². The third kappa shape index (κ3) is 4.64. The van der Waals surface area contributed by atoms with Crippen molar-refractivity contribution in [3.8, 4) is 0 Å². The Balaban J connectivity index is 2.25. The van der Waals surface area contributed by atoms with Gasteiger partial charge in [0, 0.05) is 45.4 Å². The summed E-state index contributed by atoms with van der Waals surface area (Å²) in [4.78, 5) is 5.01. The molecule has 1 fully saturated rings. The molecule has 1 heterocycles. The molecule has 1 saturated heterocycles. The molecular weight excluding hydrogens is 200 g/mol. The van der Waals surface area contributed by atoms with Gasteiger partial charge in [0.2, 0.25) is 0 Å². The average molecular weight is 226 g/mol. The zero-order chi connectivity index (χ0) is 12.0. The standard InChI is InChI=1S/C13H26N2O/c1-5-16-9-8-15-7-6-14(10-12(2)3)11-13(15)4/h13H,2,5-11H2,1,3-4H3/t13-/m0/s1. The molecule has 1 aliphatic rings. The molecule has 1 rings (SSSR count). The minimum Gasteiger partial charge on any atom is -0.380 e. The van der Waals surface area contributed by atoms with E-state index >= 15 is 0 Å². The summed E-state index contributed by atoms with van der Waals surface area (Å²) in [5.74, 6) is 0. The molecule has 1 atom stereocenters. The van der Waals surface area contributed by atoms with Crippen molar-refractivity contribution in [2.24, 2.45) is 0 Å². The minimum absolute atomic E-state index is 0.633. The lowest BCUT2D eigenvalue weighted by Gasteiger charge is -2.39. The smallest absolute Gasteiger partial charge is 0.0593 e. The van der Waals surface area contributed by atoms with Crippen molar-refractivity contribution in [1.82, 2.24) is 9.80 Å². The number of piperazine rings is 1. The van der Waals surface area contributed by atoms with Gasteiger partial charge in [0.25, 0.3) is 0 Å². The van der Waals surface area contributed by atoms with Crippen LogP contribution in [0.15, 0.2) is 12.2 Å². The molecule has 3 heteroatoms. The molecule has 94 valence electrons. The highest BCUT2D eigenvalue weighted by atomic mass is 16.5. The van der Waals surface area contributed by atoms with Gasteiger partial charge in [-0.05, 0) is 20.8 Å². The zero-order valence-corrected chi connectivity index (χ0v) is 11.0. The number of rotatable bonds is 6. The normalized spacial score (nSPS) is 23.6. The Bertz CT molecular complexity index is 218. The van der Waals surface area contributed by atoms with Crippen molar-refractivity contribution in [2.75, 3.05) is 45.9 Å². The first kappa shape index (κ1) is 13.7. The van der Waals surface area contributed by atoms with E-state index in [-0.39, 0.29) is 0 Å². The fourth-order valence-electron chi connectivity index (χ4n) is 2.25. The second-order valence-corrected chi connectivity index (χ2v) is 4.77. The topological polar surface area (TPSA) is 15.7 Å². The van der Waals surface area contributed by atoms with Crippen LogP contribution in [0.25, 0.3) is 0 Å². The van der Waals surface area contributed by atoms with Crippen molar-refractivity contribution in [1.29, 1.82) is 0 Å². The van der Waals surface area contributed by atoms with E-state index in [0.29, 0.717) is 6.04 Å². The Labute approximate surface area is 100 Å². The van der Waals surface area contributed by atoms with Gasteiger partial charge >= 0.3 is 0 Å². The Morgan fingerprint density at radius 1 is 1.44 bits per heavy atom. The molecular formula is C13H26N2O. The molecule has 0 aromatic heterocycles. The fourth-order valence-corrected chi connectivity index (χ4v) is 2.25. The molecule has 1 aliphatic heterocycles. The van der Waals surface area contributed by atoms with Crippen LogP contribution in [0.4, 0.5) is 0 Å². The molecule has 0 aromatic rings. The molecule has 3 nitrogen and oxygen atoms in total. The molecule has 0 unspecified atom stereocenters. The summed E-state index contributed by atoms with van der Waals surface area (Å²) in [6.45, 7) is 17.7. The molecule has 0 amide bonds. The van der Waals surface area contributed by atoms with Crippen molar-refractivity contribution < 1.29 is 4.74 Å². The molecule has 0 bridgehead atoms. The van der Waals surface area contributed by atoms with Crippen LogP contribution in [0, 0.1) is 0 Å². The van der Waals surface area contributed by atoms with Crippen molar-refractivity contribution >= 4 is 0 Å². The second-order valence-electron chi connectivity index (χ2n) is 4.77. The Kier molecular flexibility index (Phi) is 6.03. The van der Waals surface area contributed by atoms with Crippen LogP contribution in [0.2, 0.25) is 0 Å². The molecule has 0 saturated carbocycles. The van der Waals surface area contributed by atoms with Crippen molar-refractivity contribution in [3.05, 3.63) is 12.2 Å². The monoisotopic (exact) mass is 226 g/mol. The van der Waals surface area contributed by atoms with Gasteiger partial charge in [-0.25, -0.2) is 0 Å². The van der Waals surface area contributed by atoms with Gasteiger partial charge < -0.3 is 4.74 Å². The maximum absolute atomic E-state index is 5.41. The maximum Gasteiger partial charge on any atom is 0.0593 e. The van der Waals surface area contributed by atoms with Crippen LogP contribution in [0.1, 0.15) is 20.8 Å². The molecule has 0 aliphatic carbocycles. The number of hydrogen-bond acceptors (Lipinski definition) is 3. The summed E-state index contributed by atoms with van der Waals surface area (Å²) in [6.07, 6.45) is 0. The number of nitrogens with zero attached hydrogens (tertiary/aromatic N) is 2. The lowest BCUT2D eigenvalue weighted by Crippen LogP contribution is -2.52. The van der Waals surface area contributed by atoms with Gasteiger partial charge in [0.1, 0.15) is 0 Å². The van der Waals surface area contributed by atoms with Crippen LogP contribution in [-0.4, -0.2) is 61.8 Å². The van der Waals surface area contributed by atoms with Gasteiger partial charge in [-0.15, -0.1) is 0 Å². The van der Waals surface area contributed by atoms with Crippen molar-refractivity contribution in [2.45, 2.75) is 26.8 Å². The molecule has 0 N–H and O–H groups in total. The lowest BCUT2D eigenvalue weighted by atomic mass is 10.1. The summed E-state index contributed by atoms with van der Waals surface area (Å²) in [5, 5.41) is 0. The highest BCUT2D eigenvalue weighted by molar-refractivity contribution is 4.94. The zero-order valence-electron chi connectivity index (χ0n) is 11.0. The van der Waals surface area contributed by atoms with E-state index in [1.807, 2.05) is 6.92 Å². The Morgan fingerprint density at radius 2 is 2.19 bits per heavy atom. The van der Waals surface area contributed by atoms with Crippen LogP contribution in [0.3, 0.4) is 0 Å². The lowest BCUT2D eigenvalue weighted by molar-refractivity contribution is 0.0527. The molecule has 0 aromatic carbocycles. The van der Waals surface area contributed by atoms with Gasteiger partial charge in [0.15, 0.2) is 0 Å². The van der Waals surface area contributed by atoms with Crippen LogP contribution in [-0.2, 0) is 4.74 Å². The predicted octanol–water partition coefficient (Wildman–Crippen LogP) is 1.61. The van der Waals surface area contributed by atoms with E-state index in [0.717, 1.165) is 45.9 Å². The summed E-state index contributed by atoms with van der Waals surface area (Å²) < 4.78 is 5.41. The first-order valence-corrected chi connectivity index (χ1v) is 6.32. The largest absolute Gasteiger partial charge is 0.380 e. The summed E-state index contributed by atoms with van der Waals surface area (Å²) in [5.41, 5.74) is 1.26. The number of ether oxygens (including phenoxy) is 1. The summed E-state index contributed by atoms with van der Waals surface area (Å²) in [7, 11) is 0. The van der Waals surface area contributed by atoms with Gasteiger partial charge in [0.05, 0.1) is 6.61 Å². The summed E-state index contributed by atoms with van der Waals surface area (Å²) >= 11 is 0. The van der Waals surface area contributed by atoms with Crippen LogP contribution in [0.5, 0.6) is 0 Å². The number of hydrogen-bond donors (Lipinski definition) is 0. The maximum atomic E-state index is 5.41. The second kappa shape index (κ2) is 7.05. The van der Waals surface area contributed by atoms with E-state index in [9.17, 15) is 0 Å². The Morgan fingerprint density at radius 3 is 2.75 bits per heavy atom. The van der Waals surface area contributed by atoms with Crippen molar-refractivity contribution in [3.63, 3.8) is 0 Å². The van der Waals surface area contributed by atoms with Gasteiger partial charge in [-0.1, -0.05) is 12.2 Å². The highest BCUT2D eigenvalue weighted by Crippen LogP contribution is 2.10. The van der Waals surface area contributed by atoms with Gasteiger partial charge in [-0.2, -0.15) is 0 Å². The molecule has 16 heavy (non-hydrogen) atoms. The third-order valence-corrected chi connectivity index (χ3v) is 3.07. The quantitative estimate of drug-likeness (QED) is 0.505. The van der Waals surface area contributed by atoms with E-state index in [4.69, 9.17) is 4.74 Å². The van der Waals surface area contributed by atoms with E-state index in [1.54, 1.807) is 0 Å². The first-order valence-electron chi connectivity index (χ1n) is 6.32. The summed E-state index contributed by atoms with van der Waals surface area (Å²) in [6, 6.07) is 0.633.